The zero-order valence-electron chi connectivity index (χ0n) is 16.1. The average Bonchev–Trinajstić information content (AvgIpc) is 3.28. The molecule has 0 aliphatic carbocycles. The van der Waals surface area contributed by atoms with Crippen molar-refractivity contribution in [2.75, 3.05) is 13.7 Å². The van der Waals surface area contributed by atoms with Crippen LogP contribution in [0.3, 0.4) is 0 Å². The molecule has 3 nitrogen and oxygen atoms in total. The lowest BCUT2D eigenvalue weighted by Gasteiger charge is -2.15. The molecule has 0 saturated heterocycles. The highest BCUT2D eigenvalue weighted by molar-refractivity contribution is 7.08. The normalized spacial score (nSPS) is 10.8. The first kappa shape index (κ1) is 19.5. The highest BCUT2D eigenvalue weighted by atomic mass is 35.5. The van der Waals surface area contributed by atoms with Crippen molar-refractivity contribution in [2.45, 2.75) is 6.42 Å². The number of pyridine rings is 1. The summed E-state index contributed by atoms with van der Waals surface area (Å²) in [4.78, 5) is 4.93. The number of nitrogens with zero attached hydrogens (tertiary/aromatic N) is 1. The molecule has 2 aromatic heterocycles. The summed E-state index contributed by atoms with van der Waals surface area (Å²) in [6.07, 6.45) is 0.891. The zero-order chi connectivity index (χ0) is 20.2. The maximum Gasteiger partial charge on any atom is 0.121 e. The molecule has 5 heteroatoms. The van der Waals surface area contributed by atoms with Gasteiger partial charge in [-0.3, -0.25) is 0 Å². The van der Waals surface area contributed by atoms with Crippen molar-refractivity contribution in [3.63, 3.8) is 0 Å². The molecule has 4 rings (SSSR count). The number of hydrogen-bond acceptors (Lipinski definition) is 4. The number of rotatable bonds is 7. The van der Waals surface area contributed by atoms with E-state index in [-0.39, 0.29) is 0 Å². The minimum absolute atomic E-state index is 0.755. The summed E-state index contributed by atoms with van der Waals surface area (Å²) in [5.41, 5.74) is 6.04. The van der Waals surface area contributed by atoms with E-state index in [1.807, 2.05) is 30.3 Å². The molecule has 0 spiro atoms. The number of nitrogens with one attached hydrogen (secondary N) is 1. The molecule has 2 aromatic carbocycles. The van der Waals surface area contributed by atoms with Crippen LogP contribution in [0.25, 0.3) is 27.9 Å². The maximum absolute atomic E-state index is 5.97. The van der Waals surface area contributed by atoms with Crippen LogP contribution >= 0.6 is 22.9 Å². The lowest BCUT2D eigenvalue weighted by Crippen LogP contribution is -2.16. The Balaban J connectivity index is 1.61. The van der Waals surface area contributed by atoms with Gasteiger partial charge in [0.15, 0.2) is 0 Å². The van der Waals surface area contributed by atoms with E-state index in [9.17, 15) is 0 Å². The van der Waals surface area contributed by atoms with Gasteiger partial charge in [-0.25, -0.2) is 4.98 Å². The molecular formula is C24H21ClN2OS. The second-order valence-electron chi connectivity index (χ2n) is 6.74. The average molecular weight is 421 g/mol. The summed E-state index contributed by atoms with van der Waals surface area (Å²) in [6, 6.07) is 18.1. The first-order chi connectivity index (χ1) is 14.1. The molecule has 0 atom stereocenters. The topological polar surface area (TPSA) is 34.1 Å². The van der Waals surface area contributed by atoms with Crippen molar-refractivity contribution < 1.29 is 4.74 Å². The van der Waals surface area contributed by atoms with Crippen LogP contribution in [0.2, 0.25) is 5.02 Å². The molecule has 0 radical (unpaired) electrons. The number of halogens is 1. The van der Waals surface area contributed by atoms with E-state index >= 15 is 0 Å². The van der Waals surface area contributed by atoms with E-state index in [0.717, 1.165) is 57.2 Å². The van der Waals surface area contributed by atoms with Crippen LogP contribution in [0, 0.1) is 0 Å². The van der Waals surface area contributed by atoms with E-state index in [2.05, 4.69) is 46.9 Å². The number of thiophene rings is 1. The molecular weight excluding hydrogens is 400 g/mol. The molecule has 146 valence electrons. The van der Waals surface area contributed by atoms with Crippen molar-refractivity contribution in [3.05, 3.63) is 88.1 Å². The van der Waals surface area contributed by atoms with Gasteiger partial charge in [0, 0.05) is 45.2 Å². The number of benzene rings is 2. The minimum atomic E-state index is 0.755. The minimum Gasteiger partial charge on any atom is -0.497 e. The molecule has 0 amide bonds. The fraction of sp³-hybridized carbons (Fsp3) is 0.125. The predicted molar refractivity (Wildman–Crippen MR) is 124 cm³/mol. The maximum atomic E-state index is 5.97. The van der Waals surface area contributed by atoms with Crippen molar-refractivity contribution in [1.29, 1.82) is 0 Å². The molecule has 1 N–H and O–H groups in total. The predicted octanol–water partition coefficient (Wildman–Crippen LogP) is 6.43. The molecule has 0 unspecified atom stereocenters. The Morgan fingerprint density at radius 1 is 1.14 bits per heavy atom. The third-order valence-electron chi connectivity index (χ3n) is 4.81. The number of ether oxygens (including phenoxy) is 1. The Kier molecular flexibility index (Phi) is 5.84. The van der Waals surface area contributed by atoms with Crippen molar-refractivity contribution >= 4 is 39.5 Å². The van der Waals surface area contributed by atoms with Crippen LogP contribution in [0.4, 0.5) is 0 Å². The quantitative estimate of drug-likeness (QED) is 0.374. The summed E-state index contributed by atoms with van der Waals surface area (Å²) >= 11 is 7.62. The van der Waals surface area contributed by atoms with Crippen LogP contribution in [-0.4, -0.2) is 18.6 Å². The third-order valence-corrected chi connectivity index (χ3v) is 5.75. The van der Waals surface area contributed by atoms with Gasteiger partial charge < -0.3 is 10.1 Å². The van der Waals surface area contributed by atoms with Crippen LogP contribution < -0.4 is 10.1 Å². The second-order valence-corrected chi connectivity index (χ2v) is 7.95. The summed E-state index contributed by atoms with van der Waals surface area (Å²) in [6.45, 7) is 5.07. The van der Waals surface area contributed by atoms with Crippen molar-refractivity contribution in [2.24, 2.45) is 0 Å². The lowest BCUT2D eigenvalue weighted by atomic mass is 10.0. The van der Waals surface area contributed by atoms with E-state index in [4.69, 9.17) is 21.3 Å². The highest BCUT2D eigenvalue weighted by Gasteiger charge is 2.13. The van der Waals surface area contributed by atoms with E-state index in [1.165, 1.54) is 5.56 Å². The van der Waals surface area contributed by atoms with Crippen LogP contribution in [0.1, 0.15) is 11.1 Å². The summed E-state index contributed by atoms with van der Waals surface area (Å²) in [7, 11) is 1.67. The molecule has 2 heterocycles. The molecule has 0 saturated carbocycles. The van der Waals surface area contributed by atoms with Gasteiger partial charge in [0.25, 0.3) is 0 Å². The summed E-state index contributed by atoms with van der Waals surface area (Å²) in [5, 5.41) is 9.45. The molecule has 0 bridgehead atoms. The molecule has 29 heavy (non-hydrogen) atoms. The Morgan fingerprint density at radius 2 is 1.97 bits per heavy atom. The van der Waals surface area contributed by atoms with Gasteiger partial charge in [-0.2, -0.15) is 11.3 Å². The first-order valence-corrected chi connectivity index (χ1v) is 10.6. The highest BCUT2D eigenvalue weighted by Crippen LogP contribution is 2.31. The van der Waals surface area contributed by atoms with Crippen LogP contribution in [0.5, 0.6) is 5.75 Å². The van der Waals surface area contributed by atoms with Gasteiger partial charge >= 0.3 is 0 Å². The van der Waals surface area contributed by atoms with Crippen molar-refractivity contribution in [1.82, 2.24) is 10.3 Å². The molecule has 0 aliphatic heterocycles. The van der Waals surface area contributed by atoms with Gasteiger partial charge in [0.1, 0.15) is 5.75 Å². The Morgan fingerprint density at radius 3 is 2.69 bits per heavy atom. The smallest absolute Gasteiger partial charge is 0.121 e. The third kappa shape index (κ3) is 4.44. The SMILES string of the molecule is C=C(NCCc1ccc(Cl)cc1)c1cc2ccc(OC)cc2nc1-c1ccsc1. The van der Waals surface area contributed by atoms with Crippen LogP contribution in [0.15, 0.2) is 71.9 Å². The van der Waals surface area contributed by atoms with E-state index in [1.54, 1.807) is 18.4 Å². The number of methoxy groups -OCH3 is 1. The molecule has 0 aliphatic rings. The first-order valence-electron chi connectivity index (χ1n) is 9.33. The summed E-state index contributed by atoms with van der Waals surface area (Å²) in [5.74, 6) is 0.800. The van der Waals surface area contributed by atoms with E-state index in [0.29, 0.717) is 0 Å². The lowest BCUT2D eigenvalue weighted by molar-refractivity contribution is 0.415. The summed E-state index contributed by atoms with van der Waals surface area (Å²) < 4.78 is 5.36. The van der Waals surface area contributed by atoms with Gasteiger partial charge in [-0.05, 0) is 53.8 Å². The second kappa shape index (κ2) is 8.68. The monoisotopic (exact) mass is 420 g/mol. The Labute approximate surface area is 179 Å². The fourth-order valence-electron chi connectivity index (χ4n) is 3.23. The Bertz CT molecular complexity index is 1140. The standard InChI is InChI=1S/C24H21ClN2OS/c1-16(26-11-9-17-3-6-20(25)7-4-17)22-13-18-5-8-21(28-2)14-23(18)27-24(22)19-10-12-29-15-19/h3-8,10,12-15,26H,1,9,11H2,2H3. The molecule has 0 fully saturated rings. The van der Waals surface area contributed by atoms with Crippen molar-refractivity contribution in [3.8, 4) is 17.0 Å². The number of aromatic nitrogens is 1. The van der Waals surface area contributed by atoms with Gasteiger partial charge in [0.2, 0.25) is 0 Å². The Hall–Kier alpha value is -2.82. The van der Waals surface area contributed by atoms with Gasteiger partial charge in [-0.15, -0.1) is 0 Å². The molecule has 4 aromatic rings. The largest absolute Gasteiger partial charge is 0.497 e. The number of fused-ring (bicyclic) bond motifs is 1. The van der Waals surface area contributed by atoms with E-state index < -0.39 is 0 Å². The van der Waals surface area contributed by atoms with Gasteiger partial charge in [-0.1, -0.05) is 30.3 Å². The van der Waals surface area contributed by atoms with Gasteiger partial charge in [0.05, 0.1) is 18.3 Å². The zero-order valence-corrected chi connectivity index (χ0v) is 17.7. The van der Waals surface area contributed by atoms with Crippen LogP contribution in [-0.2, 0) is 6.42 Å². The number of hydrogen-bond donors (Lipinski definition) is 1. The fourth-order valence-corrected chi connectivity index (χ4v) is 3.99.